The Morgan fingerprint density at radius 3 is 2.67 bits per heavy atom. The van der Waals surface area contributed by atoms with Crippen molar-refractivity contribution in [2.45, 2.75) is 31.7 Å². The van der Waals surface area contributed by atoms with Gasteiger partial charge >= 0.3 is 5.97 Å². The van der Waals surface area contributed by atoms with Crippen LogP contribution in [0.1, 0.15) is 20.3 Å². The number of carboxylic acid groups (broad SMARTS) is 1. The molecule has 0 bridgehead atoms. The lowest BCUT2D eigenvalue weighted by Gasteiger charge is -2.31. The third-order valence-electron chi connectivity index (χ3n) is 3.55. The van der Waals surface area contributed by atoms with Crippen LogP contribution in [0.4, 0.5) is 0 Å². The van der Waals surface area contributed by atoms with E-state index in [0.717, 1.165) is 13.0 Å². The van der Waals surface area contributed by atoms with E-state index in [4.69, 9.17) is 0 Å². The molecule has 0 aromatic rings. The molecule has 0 saturated carbocycles. The number of aliphatic carboxylic acids is 1. The van der Waals surface area contributed by atoms with Gasteiger partial charge in [0.05, 0.1) is 11.3 Å². The Hall–Kier alpha value is -0.750. The van der Waals surface area contributed by atoms with E-state index in [2.05, 4.69) is 5.32 Å². The van der Waals surface area contributed by atoms with Crippen LogP contribution in [0.25, 0.3) is 0 Å². The molecule has 102 valence electrons. The molecule has 0 aromatic heterocycles. The minimum atomic E-state index is -0.884. The molecule has 5 nitrogen and oxygen atoms in total. The van der Waals surface area contributed by atoms with Crippen molar-refractivity contribution in [1.29, 1.82) is 0 Å². The van der Waals surface area contributed by atoms with Crippen molar-refractivity contribution in [3.8, 4) is 0 Å². The van der Waals surface area contributed by atoms with E-state index in [1.165, 1.54) is 0 Å². The van der Waals surface area contributed by atoms with Crippen molar-refractivity contribution < 1.29 is 14.7 Å². The van der Waals surface area contributed by atoms with Crippen LogP contribution in [0.5, 0.6) is 0 Å². The average Bonchev–Trinajstić information content (AvgIpc) is 2.97. The Balaban J connectivity index is 2.17. The Labute approximate surface area is 111 Å². The van der Waals surface area contributed by atoms with Gasteiger partial charge in [-0.05, 0) is 18.9 Å². The molecule has 0 aliphatic carbocycles. The van der Waals surface area contributed by atoms with Crippen molar-refractivity contribution in [3.63, 3.8) is 0 Å². The van der Waals surface area contributed by atoms with E-state index in [1.807, 2.05) is 13.8 Å². The van der Waals surface area contributed by atoms with Crippen molar-refractivity contribution in [3.05, 3.63) is 0 Å². The summed E-state index contributed by atoms with van der Waals surface area (Å²) in [7, 11) is 0. The van der Waals surface area contributed by atoms with Crippen LogP contribution in [0, 0.1) is 11.8 Å². The monoisotopic (exact) mass is 272 g/mol. The fourth-order valence-corrected chi connectivity index (χ4v) is 4.07. The Kier molecular flexibility index (Phi) is 4.17. The maximum atomic E-state index is 12.5. The first-order chi connectivity index (χ1) is 8.52. The molecule has 2 saturated heterocycles. The summed E-state index contributed by atoms with van der Waals surface area (Å²) in [5.41, 5.74) is 0. The van der Waals surface area contributed by atoms with E-state index in [1.54, 1.807) is 16.7 Å². The van der Waals surface area contributed by atoms with Gasteiger partial charge in [-0.15, -0.1) is 11.8 Å². The largest absolute Gasteiger partial charge is 0.480 e. The zero-order valence-electron chi connectivity index (χ0n) is 10.8. The van der Waals surface area contributed by atoms with E-state index in [-0.39, 0.29) is 23.1 Å². The summed E-state index contributed by atoms with van der Waals surface area (Å²) in [6.45, 7) is 5.60. The maximum Gasteiger partial charge on any atom is 0.327 e. The van der Waals surface area contributed by atoms with Crippen LogP contribution in [0.15, 0.2) is 0 Å². The highest BCUT2D eigenvalue weighted by Crippen LogP contribution is 2.35. The number of amides is 1. The number of hydrogen-bond acceptors (Lipinski definition) is 4. The maximum absolute atomic E-state index is 12.5. The molecule has 3 unspecified atom stereocenters. The third-order valence-corrected chi connectivity index (χ3v) is 5.18. The summed E-state index contributed by atoms with van der Waals surface area (Å²) >= 11 is 1.59. The molecule has 2 heterocycles. The normalized spacial score (nSPS) is 32.2. The van der Waals surface area contributed by atoms with Crippen molar-refractivity contribution in [1.82, 2.24) is 10.2 Å². The summed E-state index contributed by atoms with van der Waals surface area (Å²) in [5.74, 6) is -0.144. The topological polar surface area (TPSA) is 69.6 Å². The van der Waals surface area contributed by atoms with E-state index < -0.39 is 12.0 Å². The first kappa shape index (κ1) is 13.7. The molecule has 2 N–H and O–H groups in total. The molecule has 18 heavy (non-hydrogen) atoms. The molecule has 0 radical (unpaired) electrons. The molecule has 0 spiro atoms. The van der Waals surface area contributed by atoms with Gasteiger partial charge in [-0.3, -0.25) is 4.79 Å². The van der Waals surface area contributed by atoms with Gasteiger partial charge in [-0.1, -0.05) is 13.8 Å². The van der Waals surface area contributed by atoms with Gasteiger partial charge in [0, 0.05) is 12.3 Å². The SMILES string of the molecule is CC(C)C1SCC(C(=O)O)N1C(=O)C1CCNC1. The minimum absolute atomic E-state index is 0.000741. The van der Waals surface area contributed by atoms with Gasteiger partial charge < -0.3 is 15.3 Å². The lowest BCUT2D eigenvalue weighted by atomic mass is 10.0. The molecule has 6 heteroatoms. The molecule has 0 aromatic carbocycles. The van der Waals surface area contributed by atoms with E-state index in [0.29, 0.717) is 12.3 Å². The van der Waals surface area contributed by atoms with Gasteiger partial charge in [0.15, 0.2) is 0 Å². The number of hydrogen-bond donors (Lipinski definition) is 2. The second kappa shape index (κ2) is 5.48. The molecule has 2 rings (SSSR count). The summed E-state index contributed by atoms with van der Waals surface area (Å²) in [6, 6.07) is -0.657. The highest BCUT2D eigenvalue weighted by Gasteiger charge is 2.44. The molecular formula is C12H20N2O3S. The Morgan fingerprint density at radius 2 is 2.17 bits per heavy atom. The van der Waals surface area contributed by atoms with Crippen LogP contribution < -0.4 is 5.32 Å². The molecule has 2 aliphatic heterocycles. The van der Waals surface area contributed by atoms with Crippen LogP contribution in [0.3, 0.4) is 0 Å². The summed E-state index contributed by atoms with van der Waals surface area (Å²) in [5, 5.41) is 12.4. The van der Waals surface area contributed by atoms with Gasteiger partial charge in [-0.25, -0.2) is 4.79 Å². The second-order valence-corrected chi connectivity index (χ2v) is 6.41. The smallest absolute Gasteiger partial charge is 0.327 e. The number of carbonyl (C=O) groups excluding carboxylic acids is 1. The predicted molar refractivity (Wildman–Crippen MR) is 70.3 cm³/mol. The van der Waals surface area contributed by atoms with Gasteiger partial charge in [0.1, 0.15) is 6.04 Å². The zero-order valence-corrected chi connectivity index (χ0v) is 11.6. The first-order valence-corrected chi connectivity index (χ1v) is 7.44. The predicted octanol–water partition coefficient (Wildman–Crippen LogP) is 0.607. The standard InChI is InChI=1S/C12H20N2O3S/c1-7(2)11-14(9(6-18-11)12(16)17)10(15)8-3-4-13-5-8/h7-9,11,13H,3-6H2,1-2H3,(H,16,17). The first-order valence-electron chi connectivity index (χ1n) is 6.39. The number of rotatable bonds is 3. The van der Waals surface area contributed by atoms with Crippen LogP contribution in [0.2, 0.25) is 0 Å². The van der Waals surface area contributed by atoms with Gasteiger partial charge in [-0.2, -0.15) is 0 Å². The summed E-state index contributed by atoms with van der Waals surface area (Å²) in [4.78, 5) is 25.4. The molecule has 2 fully saturated rings. The number of nitrogens with one attached hydrogen (secondary N) is 1. The average molecular weight is 272 g/mol. The van der Waals surface area contributed by atoms with Crippen LogP contribution in [-0.4, -0.2) is 52.1 Å². The van der Waals surface area contributed by atoms with Crippen LogP contribution >= 0.6 is 11.8 Å². The van der Waals surface area contributed by atoms with Crippen LogP contribution in [-0.2, 0) is 9.59 Å². The zero-order chi connectivity index (χ0) is 13.3. The third kappa shape index (κ3) is 2.49. The lowest BCUT2D eigenvalue weighted by Crippen LogP contribution is -2.49. The molecule has 2 aliphatic rings. The van der Waals surface area contributed by atoms with Crippen molar-refractivity contribution in [2.75, 3.05) is 18.8 Å². The quantitative estimate of drug-likeness (QED) is 0.787. The Morgan fingerprint density at radius 1 is 1.44 bits per heavy atom. The lowest BCUT2D eigenvalue weighted by molar-refractivity contribution is -0.151. The molecular weight excluding hydrogens is 252 g/mol. The highest BCUT2D eigenvalue weighted by atomic mass is 32.2. The fraction of sp³-hybridized carbons (Fsp3) is 0.833. The summed E-state index contributed by atoms with van der Waals surface area (Å²) < 4.78 is 0. The minimum Gasteiger partial charge on any atom is -0.480 e. The second-order valence-electron chi connectivity index (χ2n) is 5.26. The number of carbonyl (C=O) groups is 2. The number of thioether (sulfide) groups is 1. The molecule has 1 amide bonds. The summed E-state index contributed by atoms with van der Waals surface area (Å²) in [6.07, 6.45) is 0.817. The van der Waals surface area contributed by atoms with Gasteiger partial charge in [0.2, 0.25) is 5.91 Å². The number of nitrogens with zero attached hydrogens (tertiary/aromatic N) is 1. The van der Waals surface area contributed by atoms with Crippen molar-refractivity contribution in [2.24, 2.45) is 11.8 Å². The Bertz CT molecular complexity index is 342. The molecule has 3 atom stereocenters. The number of carboxylic acids is 1. The van der Waals surface area contributed by atoms with Gasteiger partial charge in [0.25, 0.3) is 0 Å². The van der Waals surface area contributed by atoms with Crippen molar-refractivity contribution >= 4 is 23.6 Å². The van der Waals surface area contributed by atoms with E-state index in [9.17, 15) is 14.7 Å². The van der Waals surface area contributed by atoms with E-state index >= 15 is 0 Å². The fourth-order valence-electron chi connectivity index (χ4n) is 2.59. The highest BCUT2D eigenvalue weighted by molar-refractivity contribution is 8.00.